The molecule has 0 saturated heterocycles. The standard InChI is InChI=1S/C23H19F3N4O/c1-13-18(7-9-23(31)28-20-8-6-17(25)11-19(20)26)14(2)30-22(27-13)12-21(29-30)15-4-3-5-16(24)10-15/h3-6,8,10-12H,7,9H2,1-2H3,(H,28,31). The van der Waals surface area contributed by atoms with Gasteiger partial charge in [-0.05, 0) is 50.1 Å². The quantitative estimate of drug-likeness (QED) is 0.490. The molecule has 2 aromatic carbocycles. The van der Waals surface area contributed by atoms with Gasteiger partial charge in [-0.25, -0.2) is 22.7 Å². The second kappa shape index (κ2) is 8.22. The minimum Gasteiger partial charge on any atom is -0.324 e. The number of hydrogen-bond acceptors (Lipinski definition) is 3. The van der Waals surface area contributed by atoms with E-state index in [1.54, 1.807) is 22.7 Å². The number of aromatic nitrogens is 3. The number of fused-ring (bicyclic) bond motifs is 1. The van der Waals surface area contributed by atoms with E-state index in [1.165, 1.54) is 18.2 Å². The first-order chi connectivity index (χ1) is 14.8. The van der Waals surface area contributed by atoms with Gasteiger partial charge in [-0.15, -0.1) is 0 Å². The fourth-order valence-electron chi connectivity index (χ4n) is 3.52. The van der Waals surface area contributed by atoms with Crippen molar-refractivity contribution in [1.29, 1.82) is 0 Å². The molecule has 4 rings (SSSR count). The minimum atomic E-state index is -0.829. The third-order valence-electron chi connectivity index (χ3n) is 5.09. The molecule has 2 aromatic heterocycles. The number of aryl methyl sites for hydroxylation is 2. The molecule has 0 aliphatic carbocycles. The number of carbonyl (C=O) groups is 1. The van der Waals surface area contributed by atoms with Crippen LogP contribution in [0.3, 0.4) is 0 Å². The van der Waals surface area contributed by atoms with Crippen LogP contribution in [0, 0.1) is 31.3 Å². The van der Waals surface area contributed by atoms with E-state index < -0.39 is 17.5 Å². The Morgan fingerprint density at radius 3 is 2.55 bits per heavy atom. The molecular weight excluding hydrogens is 405 g/mol. The van der Waals surface area contributed by atoms with E-state index in [1.807, 2.05) is 13.8 Å². The van der Waals surface area contributed by atoms with Crippen molar-refractivity contribution in [2.45, 2.75) is 26.7 Å². The van der Waals surface area contributed by atoms with Crippen LogP contribution in [-0.4, -0.2) is 20.5 Å². The first-order valence-electron chi connectivity index (χ1n) is 9.68. The predicted octanol–water partition coefficient (Wildman–Crippen LogP) is 5.00. The van der Waals surface area contributed by atoms with Crippen LogP contribution in [0.25, 0.3) is 16.9 Å². The molecule has 1 N–H and O–H groups in total. The normalized spacial score (nSPS) is 11.1. The van der Waals surface area contributed by atoms with Crippen LogP contribution in [0.2, 0.25) is 0 Å². The molecule has 8 heteroatoms. The Bertz CT molecular complexity index is 1300. The van der Waals surface area contributed by atoms with Crippen LogP contribution in [-0.2, 0) is 11.2 Å². The smallest absolute Gasteiger partial charge is 0.224 e. The summed E-state index contributed by atoms with van der Waals surface area (Å²) >= 11 is 0. The summed E-state index contributed by atoms with van der Waals surface area (Å²) in [6.07, 6.45) is 0.452. The van der Waals surface area contributed by atoms with Gasteiger partial charge in [0.2, 0.25) is 5.91 Å². The number of halogens is 3. The Balaban J connectivity index is 1.55. The van der Waals surface area contributed by atoms with Gasteiger partial charge in [0.05, 0.1) is 11.4 Å². The maximum Gasteiger partial charge on any atom is 0.224 e. The summed E-state index contributed by atoms with van der Waals surface area (Å²) in [5, 5.41) is 7.00. The number of nitrogens with one attached hydrogen (secondary N) is 1. The van der Waals surface area contributed by atoms with Gasteiger partial charge in [0.1, 0.15) is 17.5 Å². The summed E-state index contributed by atoms with van der Waals surface area (Å²) < 4.78 is 42.0. The lowest BCUT2D eigenvalue weighted by atomic mass is 10.1. The van der Waals surface area contributed by atoms with Crippen molar-refractivity contribution in [2.24, 2.45) is 0 Å². The average Bonchev–Trinajstić information content (AvgIpc) is 3.14. The van der Waals surface area contributed by atoms with Crippen molar-refractivity contribution >= 4 is 17.2 Å². The molecular formula is C23H19F3N4O. The topological polar surface area (TPSA) is 59.3 Å². The van der Waals surface area contributed by atoms with Gasteiger partial charge >= 0.3 is 0 Å². The number of amides is 1. The highest BCUT2D eigenvalue weighted by atomic mass is 19.1. The van der Waals surface area contributed by atoms with Crippen LogP contribution < -0.4 is 5.32 Å². The summed E-state index contributed by atoms with van der Waals surface area (Å²) in [5.41, 5.74) is 4.19. The highest BCUT2D eigenvalue weighted by molar-refractivity contribution is 5.91. The minimum absolute atomic E-state index is 0.0692. The molecule has 31 heavy (non-hydrogen) atoms. The molecule has 0 fully saturated rings. The van der Waals surface area contributed by atoms with Crippen LogP contribution in [0.15, 0.2) is 48.5 Å². The fraction of sp³-hybridized carbons (Fsp3) is 0.174. The molecule has 0 bridgehead atoms. The van der Waals surface area contributed by atoms with Gasteiger partial charge < -0.3 is 5.32 Å². The SMILES string of the molecule is Cc1nc2cc(-c3cccc(F)c3)nn2c(C)c1CCC(=O)Nc1ccc(F)cc1F. The van der Waals surface area contributed by atoms with E-state index in [-0.39, 0.29) is 17.9 Å². The van der Waals surface area contributed by atoms with Gasteiger partial charge in [0.15, 0.2) is 5.65 Å². The highest BCUT2D eigenvalue weighted by Crippen LogP contribution is 2.23. The first kappa shape index (κ1) is 20.6. The van der Waals surface area contributed by atoms with Crippen molar-refractivity contribution in [3.05, 3.63) is 82.9 Å². The van der Waals surface area contributed by atoms with E-state index in [0.717, 1.165) is 29.1 Å². The third kappa shape index (κ3) is 4.28. The van der Waals surface area contributed by atoms with Gasteiger partial charge in [-0.1, -0.05) is 12.1 Å². The lowest BCUT2D eigenvalue weighted by Gasteiger charge is -2.11. The van der Waals surface area contributed by atoms with Crippen molar-refractivity contribution in [3.8, 4) is 11.3 Å². The third-order valence-corrected chi connectivity index (χ3v) is 5.09. The van der Waals surface area contributed by atoms with Gasteiger partial charge in [0.25, 0.3) is 0 Å². The summed E-state index contributed by atoms with van der Waals surface area (Å²) in [5.74, 6) is -2.28. The number of benzene rings is 2. The number of hydrogen-bond donors (Lipinski definition) is 1. The van der Waals surface area contributed by atoms with Crippen molar-refractivity contribution in [2.75, 3.05) is 5.32 Å². The summed E-state index contributed by atoms with van der Waals surface area (Å²) in [6.45, 7) is 3.71. The maximum atomic E-state index is 13.7. The Labute approximate surface area is 176 Å². The van der Waals surface area contributed by atoms with E-state index in [9.17, 15) is 18.0 Å². The molecule has 5 nitrogen and oxygen atoms in total. The zero-order chi connectivity index (χ0) is 22.1. The molecule has 0 spiro atoms. The molecule has 0 aliphatic heterocycles. The lowest BCUT2D eigenvalue weighted by molar-refractivity contribution is -0.116. The zero-order valence-corrected chi connectivity index (χ0v) is 16.9. The predicted molar refractivity (Wildman–Crippen MR) is 111 cm³/mol. The molecule has 1 amide bonds. The van der Waals surface area contributed by atoms with E-state index in [0.29, 0.717) is 23.3 Å². The first-order valence-corrected chi connectivity index (χ1v) is 9.68. The number of carbonyl (C=O) groups excluding carboxylic acids is 1. The number of rotatable bonds is 5. The van der Waals surface area contributed by atoms with E-state index >= 15 is 0 Å². The van der Waals surface area contributed by atoms with Crippen molar-refractivity contribution in [3.63, 3.8) is 0 Å². The molecule has 4 aromatic rings. The van der Waals surface area contributed by atoms with E-state index in [4.69, 9.17) is 0 Å². The summed E-state index contributed by atoms with van der Waals surface area (Å²) in [7, 11) is 0. The zero-order valence-electron chi connectivity index (χ0n) is 16.9. The maximum absolute atomic E-state index is 13.7. The second-order valence-corrected chi connectivity index (χ2v) is 7.24. The van der Waals surface area contributed by atoms with Gasteiger partial charge in [0, 0.05) is 35.5 Å². The lowest BCUT2D eigenvalue weighted by Crippen LogP contribution is -2.15. The Morgan fingerprint density at radius 2 is 1.81 bits per heavy atom. The Morgan fingerprint density at radius 1 is 1.03 bits per heavy atom. The van der Waals surface area contributed by atoms with Crippen molar-refractivity contribution in [1.82, 2.24) is 14.6 Å². The monoisotopic (exact) mass is 424 g/mol. The molecule has 2 heterocycles. The molecule has 158 valence electrons. The van der Waals surface area contributed by atoms with E-state index in [2.05, 4.69) is 15.4 Å². The van der Waals surface area contributed by atoms with Crippen LogP contribution in [0.1, 0.15) is 23.4 Å². The fourth-order valence-corrected chi connectivity index (χ4v) is 3.52. The van der Waals surface area contributed by atoms with Crippen LogP contribution in [0.5, 0.6) is 0 Å². The number of nitrogens with zero attached hydrogens (tertiary/aromatic N) is 3. The highest BCUT2D eigenvalue weighted by Gasteiger charge is 2.15. The average molecular weight is 424 g/mol. The summed E-state index contributed by atoms with van der Waals surface area (Å²) in [4.78, 5) is 16.8. The molecule has 0 radical (unpaired) electrons. The Kier molecular flexibility index (Phi) is 5.46. The Hall–Kier alpha value is -3.68. The molecule has 0 saturated carbocycles. The molecule has 0 aliphatic rings. The summed E-state index contributed by atoms with van der Waals surface area (Å²) in [6, 6.07) is 10.9. The molecule has 0 atom stereocenters. The molecule has 0 unspecified atom stereocenters. The van der Waals surface area contributed by atoms with Crippen LogP contribution in [0.4, 0.5) is 18.9 Å². The largest absolute Gasteiger partial charge is 0.324 e. The second-order valence-electron chi connectivity index (χ2n) is 7.24. The number of anilines is 1. The van der Waals surface area contributed by atoms with Gasteiger partial charge in [-0.2, -0.15) is 5.10 Å². The van der Waals surface area contributed by atoms with Gasteiger partial charge in [-0.3, -0.25) is 4.79 Å². The van der Waals surface area contributed by atoms with Crippen molar-refractivity contribution < 1.29 is 18.0 Å². The van der Waals surface area contributed by atoms with Crippen LogP contribution >= 0.6 is 0 Å².